The van der Waals surface area contributed by atoms with E-state index in [1.807, 2.05) is 0 Å². The van der Waals surface area contributed by atoms with Crippen LogP contribution in [0, 0.1) is 5.41 Å². The Hall–Kier alpha value is -3.10. The molecule has 1 aromatic heterocycles. The van der Waals surface area contributed by atoms with Crippen molar-refractivity contribution in [2.24, 2.45) is 5.41 Å². The highest BCUT2D eigenvalue weighted by atomic mass is 32.1. The van der Waals surface area contributed by atoms with Crippen LogP contribution in [-0.4, -0.2) is 18.0 Å². The van der Waals surface area contributed by atoms with Gasteiger partial charge in [-0.2, -0.15) is 0 Å². The van der Waals surface area contributed by atoms with E-state index in [0.717, 1.165) is 25.2 Å². The molecule has 1 unspecified atom stereocenters. The normalized spacial score (nSPS) is 16.4. The Morgan fingerprint density at radius 1 is 1.03 bits per heavy atom. The van der Waals surface area contributed by atoms with Gasteiger partial charge in [0.25, 0.3) is 0 Å². The number of fused-ring (bicyclic) bond motifs is 1. The van der Waals surface area contributed by atoms with Gasteiger partial charge in [-0.05, 0) is 81.5 Å². The van der Waals surface area contributed by atoms with E-state index in [-0.39, 0.29) is 5.41 Å². The fraction of sp³-hybridized carbons (Fsp3) is 0.273. The first-order valence-electron chi connectivity index (χ1n) is 12.7. The molecule has 1 fully saturated rings. The van der Waals surface area contributed by atoms with Gasteiger partial charge in [-0.1, -0.05) is 81.1 Å². The topological polar surface area (TPSA) is 3.24 Å². The summed E-state index contributed by atoms with van der Waals surface area (Å²) in [6.45, 7) is 15.2. The minimum absolute atomic E-state index is 0.116. The molecule has 0 amide bonds. The van der Waals surface area contributed by atoms with E-state index in [4.69, 9.17) is 0 Å². The zero-order valence-corrected chi connectivity index (χ0v) is 21.8. The van der Waals surface area contributed by atoms with Gasteiger partial charge in [0, 0.05) is 29.4 Å². The van der Waals surface area contributed by atoms with Gasteiger partial charge in [0.05, 0.1) is 0 Å². The highest BCUT2D eigenvalue weighted by molar-refractivity contribution is 7.17. The molecule has 178 valence electrons. The first-order chi connectivity index (χ1) is 16.9. The van der Waals surface area contributed by atoms with Crippen molar-refractivity contribution in [1.82, 2.24) is 4.90 Å². The maximum absolute atomic E-state index is 4.55. The molecule has 0 saturated carbocycles. The molecule has 0 aliphatic carbocycles. The van der Waals surface area contributed by atoms with Crippen LogP contribution in [-0.2, 0) is 6.42 Å². The Labute approximate surface area is 214 Å². The molecule has 1 nitrogen and oxygen atoms in total. The third kappa shape index (κ3) is 5.28. The average molecular weight is 478 g/mol. The third-order valence-corrected chi connectivity index (χ3v) is 8.30. The van der Waals surface area contributed by atoms with E-state index in [0.29, 0.717) is 5.92 Å². The Morgan fingerprint density at radius 3 is 2.71 bits per heavy atom. The SMILES string of the molecule is C=CC(C)(C)Cc1cccc(C2CCCN(C(=C)c3cccc(-c4ccc5ccsc5c4)c3)C2)c1. The van der Waals surface area contributed by atoms with Crippen molar-refractivity contribution in [3.05, 3.63) is 114 Å². The summed E-state index contributed by atoms with van der Waals surface area (Å²) in [6.07, 6.45) is 5.52. The molecule has 4 aromatic rings. The molecule has 1 saturated heterocycles. The number of likely N-dealkylation sites (tertiary alicyclic amines) is 1. The summed E-state index contributed by atoms with van der Waals surface area (Å²) in [7, 11) is 0. The van der Waals surface area contributed by atoms with Gasteiger partial charge in [-0.25, -0.2) is 0 Å². The number of hydrogen-bond acceptors (Lipinski definition) is 2. The highest BCUT2D eigenvalue weighted by Crippen LogP contribution is 2.34. The summed E-state index contributed by atoms with van der Waals surface area (Å²) < 4.78 is 1.34. The lowest BCUT2D eigenvalue weighted by atomic mass is 9.83. The standard InChI is InChI=1S/C33H35NS/c1-5-33(3,4)22-25-9-6-11-28(19-25)31-13-8-17-34(23-31)24(2)27-10-7-12-29(20-27)30-15-14-26-16-18-35-32(26)21-30/h5-7,9-12,14-16,18-21,31H,1-2,8,13,17,22-23H2,3-4H3. The Balaban J connectivity index is 1.33. The van der Waals surface area contributed by atoms with E-state index >= 15 is 0 Å². The second-order valence-electron chi connectivity index (χ2n) is 10.6. The quantitative estimate of drug-likeness (QED) is 0.240. The lowest BCUT2D eigenvalue weighted by Crippen LogP contribution is -2.32. The second-order valence-corrected chi connectivity index (χ2v) is 11.5. The number of piperidine rings is 1. The van der Waals surface area contributed by atoms with Gasteiger partial charge in [0.1, 0.15) is 0 Å². The van der Waals surface area contributed by atoms with Crippen molar-refractivity contribution < 1.29 is 0 Å². The number of thiophene rings is 1. The molecule has 1 atom stereocenters. The zero-order valence-electron chi connectivity index (χ0n) is 21.0. The Morgan fingerprint density at radius 2 is 1.86 bits per heavy atom. The predicted octanol–water partition coefficient (Wildman–Crippen LogP) is 9.17. The molecule has 2 heteroatoms. The molecular formula is C33H35NS. The molecule has 5 rings (SSSR count). The number of allylic oxidation sites excluding steroid dienone is 1. The minimum Gasteiger partial charge on any atom is -0.371 e. The van der Waals surface area contributed by atoms with Crippen LogP contribution in [0.3, 0.4) is 0 Å². The first-order valence-corrected chi connectivity index (χ1v) is 13.5. The zero-order chi connectivity index (χ0) is 24.4. The molecule has 1 aliphatic heterocycles. The van der Waals surface area contributed by atoms with Gasteiger partial charge in [-0.3, -0.25) is 0 Å². The fourth-order valence-corrected chi connectivity index (χ4v) is 6.07. The highest BCUT2D eigenvalue weighted by Gasteiger charge is 2.24. The number of rotatable bonds is 7. The summed E-state index contributed by atoms with van der Waals surface area (Å²) in [4.78, 5) is 2.50. The van der Waals surface area contributed by atoms with Gasteiger partial charge in [0.2, 0.25) is 0 Å². The van der Waals surface area contributed by atoms with Crippen LogP contribution in [0.4, 0.5) is 0 Å². The van der Waals surface area contributed by atoms with Crippen molar-refractivity contribution >= 4 is 27.1 Å². The lowest BCUT2D eigenvalue weighted by molar-refractivity contribution is 0.295. The van der Waals surface area contributed by atoms with Crippen LogP contribution in [0.25, 0.3) is 26.9 Å². The molecule has 0 bridgehead atoms. The van der Waals surface area contributed by atoms with Gasteiger partial charge in [-0.15, -0.1) is 17.9 Å². The molecular weight excluding hydrogens is 442 g/mol. The van der Waals surface area contributed by atoms with Gasteiger partial charge in [0.15, 0.2) is 0 Å². The monoisotopic (exact) mass is 477 g/mol. The summed E-state index contributed by atoms with van der Waals surface area (Å²) in [5, 5.41) is 3.48. The van der Waals surface area contributed by atoms with Crippen molar-refractivity contribution in [2.75, 3.05) is 13.1 Å². The molecule has 2 heterocycles. The van der Waals surface area contributed by atoms with E-state index in [2.05, 4.69) is 116 Å². The summed E-state index contributed by atoms with van der Waals surface area (Å²) in [5.41, 5.74) is 7.85. The van der Waals surface area contributed by atoms with Crippen LogP contribution in [0.15, 0.2) is 97.4 Å². The molecule has 3 aromatic carbocycles. The van der Waals surface area contributed by atoms with E-state index in [1.165, 1.54) is 50.7 Å². The lowest BCUT2D eigenvalue weighted by Gasteiger charge is -2.36. The predicted molar refractivity (Wildman–Crippen MR) is 154 cm³/mol. The summed E-state index contributed by atoms with van der Waals surface area (Å²) >= 11 is 1.80. The minimum atomic E-state index is 0.116. The number of hydrogen-bond donors (Lipinski definition) is 0. The number of benzene rings is 3. The third-order valence-electron chi connectivity index (χ3n) is 7.42. The van der Waals surface area contributed by atoms with Crippen LogP contribution in [0.2, 0.25) is 0 Å². The Kier molecular flexibility index (Phi) is 6.67. The summed E-state index contributed by atoms with van der Waals surface area (Å²) in [5.74, 6) is 0.539. The van der Waals surface area contributed by atoms with Crippen molar-refractivity contribution in [3.63, 3.8) is 0 Å². The van der Waals surface area contributed by atoms with Crippen LogP contribution in [0.1, 0.15) is 49.3 Å². The van der Waals surface area contributed by atoms with Crippen LogP contribution >= 0.6 is 11.3 Å². The summed E-state index contributed by atoms with van der Waals surface area (Å²) in [6, 6.07) is 27.0. The van der Waals surface area contributed by atoms with Crippen molar-refractivity contribution in [2.45, 2.75) is 39.0 Å². The molecule has 0 spiro atoms. The van der Waals surface area contributed by atoms with E-state index in [9.17, 15) is 0 Å². The van der Waals surface area contributed by atoms with Crippen LogP contribution in [0.5, 0.6) is 0 Å². The average Bonchev–Trinajstić information content (AvgIpc) is 3.36. The maximum Gasteiger partial charge on any atom is 0.0367 e. The smallest absolute Gasteiger partial charge is 0.0367 e. The van der Waals surface area contributed by atoms with Crippen molar-refractivity contribution in [3.8, 4) is 11.1 Å². The van der Waals surface area contributed by atoms with Gasteiger partial charge >= 0.3 is 0 Å². The Bertz CT molecular complexity index is 1360. The molecule has 1 aliphatic rings. The second kappa shape index (κ2) is 9.87. The number of nitrogens with zero attached hydrogens (tertiary/aromatic N) is 1. The fourth-order valence-electron chi connectivity index (χ4n) is 5.24. The van der Waals surface area contributed by atoms with E-state index < -0.39 is 0 Å². The first kappa shape index (κ1) is 23.6. The molecule has 35 heavy (non-hydrogen) atoms. The molecule has 0 N–H and O–H groups in total. The largest absolute Gasteiger partial charge is 0.371 e. The van der Waals surface area contributed by atoms with Gasteiger partial charge < -0.3 is 4.90 Å². The van der Waals surface area contributed by atoms with Crippen LogP contribution < -0.4 is 0 Å². The van der Waals surface area contributed by atoms with E-state index in [1.54, 1.807) is 11.3 Å². The maximum atomic E-state index is 4.55. The van der Waals surface area contributed by atoms with Crippen molar-refractivity contribution in [1.29, 1.82) is 0 Å². The molecule has 0 radical (unpaired) electrons.